The van der Waals surface area contributed by atoms with Gasteiger partial charge in [0.15, 0.2) is 0 Å². The largest absolute Gasteiger partial charge is 0.418 e. The first-order valence-electron chi connectivity index (χ1n) is 2.62. The summed E-state index contributed by atoms with van der Waals surface area (Å²) in [7, 11) is 0. The van der Waals surface area contributed by atoms with Gasteiger partial charge in [-0.1, -0.05) is 12.2 Å². The molecule has 1 aromatic heterocycles. The molecule has 6 heteroatoms. The molecular weight excluding hydrogens is 177 g/mol. The van der Waals surface area contributed by atoms with Gasteiger partial charge in [0.25, 0.3) is 0 Å². The summed E-state index contributed by atoms with van der Waals surface area (Å²) in [6, 6.07) is 0.822. The molecule has 0 saturated carbocycles. The number of hydrogen-bond donors (Lipinski definition) is 1. The molecule has 0 aromatic carbocycles. The highest BCUT2D eigenvalue weighted by atomic mass is 32.1. The van der Waals surface area contributed by atoms with Crippen molar-refractivity contribution in [2.75, 3.05) is 0 Å². The van der Waals surface area contributed by atoms with Crippen LogP contribution in [0.5, 0.6) is 0 Å². The molecule has 0 aliphatic heterocycles. The van der Waals surface area contributed by atoms with Crippen molar-refractivity contribution >= 4 is 12.2 Å². The second kappa shape index (κ2) is 2.61. The molecule has 0 aliphatic carbocycles. The van der Waals surface area contributed by atoms with Crippen LogP contribution in [0.1, 0.15) is 5.56 Å². The Balaban J connectivity index is 3.16. The maximum atomic E-state index is 11.9. The van der Waals surface area contributed by atoms with Gasteiger partial charge in [0.1, 0.15) is 4.64 Å². The van der Waals surface area contributed by atoms with E-state index in [1.165, 1.54) is 0 Å². The van der Waals surface area contributed by atoms with E-state index >= 15 is 0 Å². The molecular formula is C5H3F3N2S. The Morgan fingerprint density at radius 1 is 1.45 bits per heavy atom. The fourth-order valence-corrected chi connectivity index (χ4v) is 0.711. The molecule has 1 rings (SSSR count). The second-order valence-corrected chi connectivity index (χ2v) is 2.27. The van der Waals surface area contributed by atoms with Gasteiger partial charge in [-0.15, -0.1) is 0 Å². The average Bonchev–Trinajstić information content (AvgIpc) is 1.86. The Morgan fingerprint density at radius 2 is 2.09 bits per heavy atom. The number of nitrogens with zero attached hydrogens (tertiary/aromatic N) is 1. The van der Waals surface area contributed by atoms with Crippen LogP contribution in [-0.4, -0.2) is 10.2 Å². The van der Waals surface area contributed by atoms with E-state index in [0.717, 1.165) is 6.07 Å². The Kier molecular flexibility index (Phi) is 1.95. The zero-order valence-electron chi connectivity index (χ0n) is 5.14. The van der Waals surface area contributed by atoms with Crippen molar-refractivity contribution in [1.82, 2.24) is 10.2 Å². The van der Waals surface area contributed by atoms with Gasteiger partial charge in [-0.2, -0.15) is 18.3 Å². The Labute approximate surface area is 65.1 Å². The van der Waals surface area contributed by atoms with Gasteiger partial charge in [0.2, 0.25) is 0 Å². The maximum Gasteiger partial charge on any atom is 0.418 e. The van der Waals surface area contributed by atoms with E-state index in [1.54, 1.807) is 0 Å². The van der Waals surface area contributed by atoms with Crippen molar-refractivity contribution in [1.29, 1.82) is 0 Å². The standard InChI is InChI=1S/C5H3F3N2S/c6-5(7,8)3-1-4(11)10-9-2-3/h1-2H,(H,10,11). The van der Waals surface area contributed by atoms with Crippen molar-refractivity contribution < 1.29 is 13.2 Å². The van der Waals surface area contributed by atoms with Crippen LogP contribution >= 0.6 is 12.2 Å². The van der Waals surface area contributed by atoms with Gasteiger partial charge in [-0.25, -0.2) is 0 Å². The van der Waals surface area contributed by atoms with Crippen LogP contribution in [-0.2, 0) is 6.18 Å². The van der Waals surface area contributed by atoms with Gasteiger partial charge in [-0.3, -0.25) is 5.10 Å². The van der Waals surface area contributed by atoms with Crippen LogP contribution in [0, 0.1) is 4.64 Å². The van der Waals surface area contributed by atoms with E-state index in [0.29, 0.717) is 6.20 Å². The fraction of sp³-hybridized carbons (Fsp3) is 0.200. The molecule has 0 atom stereocenters. The molecule has 0 fully saturated rings. The third kappa shape index (κ3) is 2.01. The molecule has 1 aromatic rings. The van der Waals surface area contributed by atoms with Gasteiger partial charge in [-0.05, 0) is 6.07 Å². The summed E-state index contributed by atoms with van der Waals surface area (Å²) in [6.07, 6.45) is -3.68. The third-order valence-corrected chi connectivity index (χ3v) is 1.20. The summed E-state index contributed by atoms with van der Waals surface area (Å²) in [4.78, 5) is 0. The zero-order valence-corrected chi connectivity index (χ0v) is 5.96. The molecule has 60 valence electrons. The van der Waals surface area contributed by atoms with E-state index in [-0.39, 0.29) is 4.64 Å². The molecule has 0 saturated heterocycles. The van der Waals surface area contributed by atoms with Crippen molar-refractivity contribution in [2.24, 2.45) is 0 Å². The highest BCUT2D eigenvalue weighted by Gasteiger charge is 2.30. The summed E-state index contributed by atoms with van der Waals surface area (Å²) >= 11 is 4.45. The molecule has 0 spiro atoms. The van der Waals surface area contributed by atoms with Gasteiger partial charge in [0, 0.05) is 0 Å². The number of alkyl halides is 3. The molecule has 1 N–H and O–H groups in total. The highest BCUT2D eigenvalue weighted by Crippen LogP contribution is 2.27. The number of aromatic amines is 1. The number of hydrogen-bond acceptors (Lipinski definition) is 2. The molecule has 11 heavy (non-hydrogen) atoms. The molecule has 2 nitrogen and oxygen atoms in total. The maximum absolute atomic E-state index is 11.9. The van der Waals surface area contributed by atoms with E-state index < -0.39 is 11.7 Å². The Morgan fingerprint density at radius 3 is 2.45 bits per heavy atom. The molecule has 1 heterocycles. The normalized spacial score (nSPS) is 11.5. The van der Waals surface area contributed by atoms with Crippen molar-refractivity contribution in [3.8, 4) is 0 Å². The van der Waals surface area contributed by atoms with Gasteiger partial charge in [0.05, 0.1) is 11.8 Å². The summed E-state index contributed by atoms with van der Waals surface area (Å²) in [6.45, 7) is 0. The minimum atomic E-state index is -4.37. The van der Waals surface area contributed by atoms with Gasteiger partial charge < -0.3 is 0 Å². The quantitative estimate of drug-likeness (QED) is 0.620. The fourth-order valence-electron chi connectivity index (χ4n) is 0.531. The first kappa shape index (κ1) is 8.19. The van der Waals surface area contributed by atoms with Crippen LogP contribution in [0.2, 0.25) is 0 Å². The number of aromatic nitrogens is 2. The van der Waals surface area contributed by atoms with Crippen molar-refractivity contribution in [3.05, 3.63) is 22.5 Å². The summed E-state index contributed by atoms with van der Waals surface area (Å²) in [5.74, 6) is 0. The third-order valence-electron chi connectivity index (χ3n) is 0.992. The summed E-state index contributed by atoms with van der Waals surface area (Å²) < 4.78 is 35.6. The lowest BCUT2D eigenvalue weighted by atomic mass is 10.3. The smallest absolute Gasteiger partial charge is 0.268 e. The molecule has 0 unspecified atom stereocenters. The van der Waals surface area contributed by atoms with E-state index in [1.807, 2.05) is 0 Å². The number of rotatable bonds is 0. The minimum absolute atomic E-state index is 0.0279. The molecule has 0 aliphatic rings. The number of nitrogens with one attached hydrogen (secondary N) is 1. The SMILES string of the molecule is FC(F)(F)c1cn[nH]c(=S)c1. The average molecular weight is 180 g/mol. The highest BCUT2D eigenvalue weighted by molar-refractivity contribution is 7.71. The second-order valence-electron chi connectivity index (χ2n) is 1.83. The van der Waals surface area contributed by atoms with Crippen LogP contribution < -0.4 is 0 Å². The Bertz CT molecular complexity index is 303. The zero-order chi connectivity index (χ0) is 8.48. The lowest BCUT2D eigenvalue weighted by Crippen LogP contribution is -2.05. The Hall–Kier alpha value is -0.910. The first-order chi connectivity index (χ1) is 5.00. The van der Waals surface area contributed by atoms with E-state index in [9.17, 15) is 13.2 Å². The first-order valence-corrected chi connectivity index (χ1v) is 3.03. The number of halogens is 3. The minimum Gasteiger partial charge on any atom is -0.268 e. The summed E-state index contributed by atoms with van der Waals surface area (Å²) in [5.41, 5.74) is -0.832. The summed E-state index contributed by atoms with van der Waals surface area (Å²) in [5, 5.41) is 5.41. The predicted molar refractivity (Wildman–Crippen MR) is 34.4 cm³/mol. The monoisotopic (exact) mass is 180 g/mol. The topological polar surface area (TPSA) is 28.7 Å². The van der Waals surface area contributed by atoms with E-state index in [4.69, 9.17) is 0 Å². The number of H-pyrrole nitrogens is 1. The molecule has 0 amide bonds. The van der Waals surface area contributed by atoms with Crippen LogP contribution in [0.25, 0.3) is 0 Å². The van der Waals surface area contributed by atoms with E-state index in [2.05, 4.69) is 22.4 Å². The van der Waals surface area contributed by atoms with Crippen molar-refractivity contribution in [2.45, 2.75) is 6.18 Å². The van der Waals surface area contributed by atoms with Gasteiger partial charge >= 0.3 is 6.18 Å². The molecule has 0 bridgehead atoms. The molecule has 0 radical (unpaired) electrons. The lowest BCUT2D eigenvalue weighted by molar-refractivity contribution is -0.137. The van der Waals surface area contributed by atoms with Crippen LogP contribution in [0.4, 0.5) is 13.2 Å². The predicted octanol–water partition coefficient (Wildman–Crippen LogP) is 2.16. The lowest BCUT2D eigenvalue weighted by Gasteiger charge is -2.03. The van der Waals surface area contributed by atoms with Crippen LogP contribution in [0.15, 0.2) is 12.3 Å². The van der Waals surface area contributed by atoms with Crippen LogP contribution in [0.3, 0.4) is 0 Å². The van der Waals surface area contributed by atoms with Crippen molar-refractivity contribution in [3.63, 3.8) is 0 Å².